The molecule has 0 heteroatoms. The molecule has 0 aromatic heterocycles. The summed E-state index contributed by atoms with van der Waals surface area (Å²) >= 11 is 0. The second-order valence-electron chi connectivity index (χ2n) is 5.55. The average Bonchev–Trinajstić information content (AvgIpc) is 2.16. The van der Waals surface area contributed by atoms with E-state index in [1.54, 1.807) is 12.8 Å². The molecule has 4 atom stereocenters. The molecule has 4 bridgehead atoms. The molecule has 4 saturated carbocycles. The highest BCUT2D eigenvalue weighted by molar-refractivity contribution is 5.26. The molecule has 4 fully saturated rings. The maximum atomic E-state index is 2.51. The van der Waals surface area contributed by atoms with Gasteiger partial charge in [-0.25, -0.2) is 0 Å². The van der Waals surface area contributed by atoms with Crippen LogP contribution in [0.15, 0.2) is 0 Å². The van der Waals surface area contributed by atoms with Gasteiger partial charge in [0.05, 0.1) is 0 Å². The van der Waals surface area contributed by atoms with Crippen LogP contribution in [0.25, 0.3) is 0 Å². The van der Waals surface area contributed by atoms with Crippen LogP contribution in [0, 0.1) is 28.6 Å². The highest BCUT2D eigenvalue weighted by atomic mass is 14.8. The predicted molar refractivity (Wildman–Crippen MR) is 41.6 cm³/mol. The van der Waals surface area contributed by atoms with Gasteiger partial charge in [-0.2, -0.15) is 0 Å². The van der Waals surface area contributed by atoms with E-state index in [1.165, 1.54) is 0 Å². The van der Waals surface area contributed by atoms with Crippen molar-refractivity contribution in [2.24, 2.45) is 28.6 Å². The topological polar surface area (TPSA) is 0 Å². The summed E-state index contributed by atoms with van der Waals surface area (Å²) in [5.41, 5.74) is 1.55. The van der Waals surface area contributed by atoms with Crippen molar-refractivity contribution in [2.45, 2.75) is 33.6 Å². The van der Waals surface area contributed by atoms with Gasteiger partial charge in [-0.1, -0.05) is 20.8 Å². The second-order valence-corrected chi connectivity index (χ2v) is 5.55. The van der Waals surface area contributed by atoms with Crippen LogP contribution < -0.4 is 0 Å². The summed E-state index contributed by atoms with van der Waals surface area (Å²) in [5, 5.41) is 0. The first-order valence-electron chi connectivity index (χ1n) is 4.57. The lowest BCUT2D eigenvalue weighted by molar-refractivity contribution is 0.269. The van der Waals surface area contributed by atoms with Crippen molar-refractivity contribution in [3.8, 4) is 0 Å². The van der Waals surface area contributed by atoms with Crippen LogP contribution in [-0.4, -0.2) is 0 Å². The van der Waals surface area contributed by atoms with Crippen molar-refractivity contribution in [3.63, 3.8) is 0 Å². The SMILES string of the molecule is CC1(C)[C@H]2C[C@H]3[C@@H]1[C@@]3(C)C2. The molecule has 0 heterocycles. The van der Waals surface area contributed by atoms with Crippen LogP contribution >= 0.6 is 0 Å². The van der Waals surface area contributed by atoms with Crippen LogP contribution in [0.3, 0.4) is 0 Å². The van der Waals surface area contributed by atoms with E-state index in [0.29, 0.717) is 0 Å². The molecule has 0 amide bonds. The van der Waals surface area contributed by atoms with Crippen LogP contribution in [0.2, 0.25) is 0 Å². The minimum absolute atomic E-state index is 0.722. The van der Waals surface area contributed by atoms with Crippen molar-refractivity contribution in [3.05, 3.63) is 0 Å². The predicted octanol–water partition coefficient (Wildman–Crippen LogP) is 2.69. The van der Waals surface area contributed by atoms with Gasteiger partial charge < -0.3 is 0 Å². The summed E-state index contributed by atoms with van der Waals surface area (Å²) in [5.74, 6) is 3.35. The van der Waals surface area contributed by atoms with Gasteiger partial charge in [-0.05, 0) is 41.4 Å². The first-order valence-corrected chi connectivity index (χ1v) is 4.57. The summed E-state index contributed by atoms with van der Waals surface area (Å²) < 4.78 is 0. The number of hydrogen-bond donors (Lipinski definition) is 0. The molecule has 0 saturated heterocycles. The molecule has 0 unspecified atom stereocenters. The van der Waals surface area contributed by atoms with Crippen LogP contribution in [-0.2, 0) is 0 Å². The van der Waals surface area contributed by atoms with Gasteiger partial charge in [-0.3, -0.25) is 0 Å². The van der Waals surface area contributed by atoms with Gasteiger partial charge in [0.2, 0.25) is 0 Å². The first kappa shape index (κ1) is 5.62. The quantitative estimate of drug-likeness (QED) is 0.480. The third kappa shape index (κ3) is 0.320. The minimum atomic E-state index is 0.722. The van der Waals surface area contributed by atoms with Gasteiger partial charge in [0.1, 0.15) is 0 Å². The van der Waals surface area contributed by atoms with Crippen molar-refractivity contribution < 1.29 is 0 Å². The molecule has 0 radical (unpaired) electrons. The molecule has 0 N–H and O–H groups in total. The monoisotopic (exact) mass is 136 g/mol. The molecule has 56 valence electrons. The Morgan fingerprint density at radius 3 is 2.00 bits per heavy atom. The van der Waals surface area contributed by atoms with Crippen molar-refractivity contribution >= 4 is 0 Å². The second kappa shape index (κ2) is 1.09. The lowest BCUT2D eigenvalue weighted by atomic mass is 9.83. The lowest BCUT2D eigenvalue weighted by Crippen LogP contribution is -2.15. The Morgan fingerprint density at radius 1 is 1.20 bits per heavy atom. The number of rotatable bonds is 0. The zero-order valence-electron chi connectivity index (χ0n) is 7.15. The summed E-state index contributed by atoms with van der Waals surface area (Å²) in [6, 6.07) is 0. The Labute approximate surface area is 63.0 Å². The van der Waals surface area contributed by atoms with Crippen LogP contribution in [0.5, 0.6) is 0 Å². The van der Waals surface area contributed by atoms with E-state index in [1.807, 2.05) is 0 Å². The van der Waals surface area contributed by atoms with Gasteiger partial charge >= 0.3 is 0 Å². The van der Waals surface area contributed by atoms with E-state index in [9.17, 15) is 0 Å². The van der Waals surface area contributed by atoms with Crippen LogP contribution in [0.1, 0.15) is 33.6 Å². The highest BCUT2D eigenvalue weighted by Gasteiger charge is 2.78. The smallest absolute Gasteiger partial charge is 0.0255 e. The Bertz CT molecular complexity index is 204. The first-order chi connectivity index (χ1) is 4.57. The van der Waals surface area contributed by atoms with Crippen molar-refractivity contribution in [1.29, 1.82) is 0 Å². The van der Waals surface area contributed by atoms with E-state index in [-0.39, 0.29) is 0 Å². The zero-order chi connectivity index (χ0) is 7.15. The summed E-state index contributed by atoms with van der Waals surface area (Å²) in [4.78, 5) is 0. The molecule has 4 aliphatic carbocycles. The molecule has 4 rings (SSSR count). The van der Waals surface area contributed by atoms with Crippen molar-refractivity contribution in [2.75, 3.05) is 0 Å². The van der Waals surface area contributed by atoms with E-state index in [0.717, 1.165) is 28.6 Å². The molecule has 0 aromatic carbocycles. The van der Waals surface area contributed by atoms with E-state index >= 15 is 0 Å². The maximum absolute atomic E-state index is 2.51. The van der Waals surface area contributed by atoms with E-state index in [2.05, 4.69) is 20.8 Å². The maximum Gasteiger partial charge on any atom is -0.0255 e. The largest absolute Gasteiger partial charge is 0.0593 e. The Morgan fingerprint density at radius 2 is 1.90 bits per heavy atom. The number of hydrogen-bond acceptors (Lipinski definition) is 0. The third-order valence-electron chi connectivity index (χ3n) is 4.93. The fourth-order valence-corrected chi connectivity index (χ4v) is 4.45. The zero-order valence-corrected chi connectivity index (χ0v) is 7.15. The minimum Gasteiger partial charge on any atom is -0.0593 e. The van der Waals surface area contributed by atoms with Crippen LogP contribution in [0.4, 0.5) is 0 Å². The molecular weight excluding hydrogens is 120 g/mol. The molecule has 0 spiro atoms. The molecule has 0 aliphatic heterocycles. The third-order valence-corrected chi connectivity index (χ3v) is 4.93. The van der Waals surface area contributed by atoms with E-state index < -0.39 is 0 Å². The average molecular weight is 136 g/mol. The summed E-state index contributed by atoms with van der Waals surface area (Å²) in [7, 11) is 0. The molecule has 10 heavy (non-hydrogen) atoms. The Kier molecular flexibility index (Phi) is 0.612. The molecule has 0 nitrogen and oxygen atoms in total. The van der Waals surface area contributed by atoms with E-state index in [4.69, 9.17) is 0 Å². The fraction of sp³-hybridized carbons (Fsp3) is 1.00. The molecular formula is C10H16. The van der Waals surface area contributed by atoms with Gasteiger partial charge in [0.15, 0.2) is 0 Å². The Hall–Kier alpha value is 0. The summed E-state index contributed by atoms with van der Waals surface area (Å²) in [6.45, 7) is 7.48. The highest BCUT2D eigenvalue weighted by Crippen LogP contribution is 2.85. The summed E-state index contributed by atoms with van der Waals surface area (Å²) in [6.07, 6.45) is 3.11. The van der Waals surface area contributed by atoms with Gasteiger partial charge in [0, 0.05) is 0 Å². The fourth-order valence-electron chi connectivity index (χ4n) is 4.45. The lowest BCUT2D eigenvalue weighted by Gasteiger charge is -2.22. The standard InChI is InChI=1S/C10H16/c1-9(2)6-4-7-8(9)10(7,3)5-6/h6-8H,4-5H2,1-3H3/t6-,7-,8-,10-/m0/s1. The van der Waals surface area contributed by atoms with Gasteiger partial charge in [-0.15, -0.1) is 0 Å². The molecule has 4 aliphatic rings. The van der Waals surface area contributed by atoms with Gasteiger partial charge in [0.25, 0.3) is 0 Å². The Balaban J connectivity index is 2.13. The van der Waals surface area contributed by atoms with Crippen molar-refractivity contribution in [1.82, 2.24) is 0 Å². The normalized spacial score (nSPS) is 66.9. The molecule has 0 aromatic rings.